The Bertz CT molecular complexity index is 1360. The van der Waals surface area contributed by atoms with Gasteiger partial charge in [0.25, 0.3) is 5.91 Å². The third-order valence-electron chi connectivity index (χ3n) is 7.44. The number of hydrogen-bond donors (Lipinski definition) is 1. The molecule has 180 valence electrons. The zero-order valence-corrected chi connectivity index (χ0v) is 20.2. The van der Waals surface area contributed by atoms with Crippen molar-refractivity contribution < 1.29 is 23.8 Å². The monoisotopic (exact) mass is 473 g/mol. The van der Waals surface area contributed by atoms with E-state index in [1.807, 2.05) is 39.0 Å². The summed E-state index contributed by atoms with van der Waals surface area (Å²) in [5.41, 5.74) is 8.33. The topological polar surface area (TPSA) is 66.8 Å². The summed E-state index contributed by atoms with van der Waals surface area (Å²) in [4.78, 5) is 26.9. The Morgan fingerprint density at radius 2 is 1.69 bits per heavy atom. The van der Waals surface area contributed by atoms with E-state index in [9.17, 15) is 14.7 Å². The van der Waals surface area contributed by atoms with Crippen molar-refractivity contribution in [3.63, 3.8) is 0 Å². The number of carbonyl (C=O) groups excluding carboxylic acids is 1. The molecule has 0 bridgehead atoms. The summed E-state index contributed by atoms with van der Waals surface area (Å²) in [6.07, 6.45) is 1.37. The molecule has 35 heavy (non-hydrogen) atoms. The molecule has 0 fully saturated rings. The number of aliphatic carboxylic acids is 1. The number of hydrogen-bond acceptors (Lipinski definition) is 3. The van der Waals surface area contributed by atoms with Gasteiger partial charge in [-0.15, -0.1) is 0 Å². The van der Waals surface area contributed by atoms with E-state index in [4.69, 9.17) is 4.74 Å². The number of nitrogens with zero attached hydrogens (tertiary/aromatic N) is 1. The number of carboxylic acids is 1. The lowest BCUT2D eigenvalue weighted by molar-refractivity contribution is -0.136. The number of amides is 1. The van der Waals surface area contributed by atoms with Gasteiger partial charge in [-0.3, -0.25) is 9.59 Å². The summed E-state index contributed by atoms with van der Waals surface area (Å²) in [7, 11) is 0. The number of carboxylic acid groups (broad SMARTS) is 1. The second kappa shape index (κ2) is 8.84. The predicted octanol–water partition coefficient (Wildman–Crippen LogP) is 5.53. The molecule has 6 heteroatoms. The molecule has 0 unspecified atom stereocenters. The fraction of sp³-hybridized carbons (Fsp3) is 0.310. The fourth-order valence-electron chi connectivity index (χ4n) is 5.63. The van der Waals surface area contributed by atoms with Gasteiger partial charge in [-0.2, -0.15) is 0 Å². The predicted molar refractivity (Wildman–Crippen MR) is 131 cm³/mol. The highest BCUT2D eigenvalue weighted by Gasteiger charge is 2.32. The van der Waals surface area contributed by atoms with Crippen LogP contribution in [0, 0.1) is 26.6 Å². The number of fused-ring (bicyclic) bond motifs is 2. The maximum atomic E-state index is 15.2. The smallest absolute Gasteiger partial charge is 0.307 e. The van der Waals surface area contributed by atoms with Gasteiger partial charge in [0.2, 0.25) is 0 Å². The van der Waals surface area contributed by atoms with Crippen molar-refractivity contribution in [2.75, 3.05) is 6.61 Å². The maximum Gasteiger partial charge on any atom is 0.307 e. The van der Waals surface area contributed by atoms with Crippen molar-refractivity contribution in [2.24, 2.45) is 0 Å². The van der Waals surface area contributed by atoms with Crippen LogP contribution in [-0.4, -0.2) is 28.5 Å². The van der Waals surface area contributed by atoms with Crippen LogP contribution in [0.1, 0.15) is 55.7 Å². The average Bonchev–Trinajstić information content (AvgIpc) is 3.31. The van der Waals surface area contributed by atoms with E-state index in [0.29, 0.717) is 42.1 Å². The van der Waals surface area contributed by atoms with Crippen molar-refractivity contribution >= 4 is 11.9 Å². The van der Waals surface area contributed by atoms with Crippen LogP contribution in [0.2, 0.25) is 0 Å². The van der Waals surface area contributed by atoms with Crippen LogP contribution < -0.4 is 4.74 Å². The van der Waals surface area contributed by atoms with Gasteiger partial charge in [0.1, 0.15) is 0 Å². The molecule has 5 rings (SSSR count). The first-order chi connectivity index (χ1) is 16.8. The summed E-state index contributed by atoms with van der Waals surface area (Å²) in [5.74, 6) is -1.11. The highest BCUT2D eigenvalue weighted by Crippen LogP contribution is 2.44. The number of halogens is 1. The lowest BCUT2D eigenvalue weighted by atomic mass is 9.81. The summed E-state index contributed by atoms with van der Waals surface area (Å²) >= 11 is 0. The van der Waals surface area contributed by atoms with Crippen LogP contribution in [0.3, 0.4) is 0 Å². The minimum atomic E-state index is -0.941. The Hall–Kier alpha value is -3.67. The van der Waals surface area contributed by atoms with E-state index in [1.165, 1.54) is 6.07 Å². The molecule has 2 aliphatic rings. The number of ether oxygens (including phenoxy) is 1. The quantitative estimate of drug-likeness (QED) is 0.541. The van der Waals surface area contributed by atoms with E-state index >= 15 is 4.39 Å². The van der Waals surface area contributed by atoms with Crippen molar-refractivity contribution in [1.82, 2.24) is 4.90 Å². The average molecular weight is 474 g/mol. The highest BCUT2D eigenvalue weighted by atomic mass is 19.1. The van der Waals surface area contributed by atoms with E-state index in [-0.39, 0.29) is 12.3 Å². The molecule has 3 aromatic rings. The molecule has 1 N–H and O–H groups in total. The second-order valence-electron chi connectivity index (χ2n) is 9.45. The van der Waals surface area contributed by atoms with E-state index in [0.717, 1.165) is 51.8 Å². The molecular formula is C29H28FNO4. The van der Waals surface area contributed by atoms with Crippen molar-refractivity contribution in [2.45, 2.75) is 53.1 Å². The van der Waals surface area contributed by atoms with Gasteiger partial charge in [-0.05, 0) is 96.3 Å². The van der Waals surface area contributed by atoms with Gasteiger partial charge >= 0.3 is 5.97 Å². The molecule has 1 amide bonds. The molecule has 2 heterocycles. The van der Waals surface area contributed by atoms with Crippen LogP contribution in [0.4, 0.5) is 4.39 Å². The molecule has 2 aliphatic heterocycles. The van der Waals surface area contributed by atoms with Crippen LogP contribution in [0.5, 0.6) is 5.75 Å². The van der Waals surface area contributed by atoms with Gasteiger partial charge < -0.3 is 14.7 Å². The van der Waals surface area contributed by atoms with Crippen LogP contribution >= 0.6 is 0 Å². The minimum Gasteiger partial charge on any atom is -0.490 e. The lowest BCUT2D eigenvalue weighted by Gasteiger charge is -2.25. The SMILES string of the molecule is Cc1c(-c2c(C)c3c(c(C)c2CC(=O)O)CN(C(=O)c2ccccc2)C3)cc(F)c2c1CCCO2. The van der Waals surface area contributed by atoms with E-state index < -0.39 is 11.8 Å². The molecule has 0 saturated heterocycles. The standard InChI is InChI=1S/C29H28FNO4/c1-16-20-10-7-11-35-28(20)25(30)12-21(16)27-18(3)24-15-31(29(34)19-8-5-4-6-9-19)14-23(24)17(2)22(27)13-26(32)33/h4-6,8-9,12H,7,10-11,13-15H2,1-3H3,(H,32,33). The van der Waals surface area contributed by atoms with Crippen LogP contribution in [0.25, 0.3) is 11.1 Å². The van der Waals surface area contributed by atoms with Gasteiger partial charge in [0.15, 0.2) is 11.6 Å². The Kier molecular flexibility index (Phi) is 5.83. The fourth-order valence-corrected chi connectivity index (χ4v) is 5.63. The van der Waals surface area contributed by atoms with Gasteiger partial charge in [0.05, 0.1) is 13.0 Å². The van der Waals surface area contributed by atoms with E-state index in [2.05, 4.69) is 0 Å². The minimum absolute atomic E-state index is 0.0601. The molecule has 3 aromatic carbocycles. The van der Waals surface area contributed by atoms with Crippen LogP contribution in [-0.2, 0) is 30.7 Å². The zero-order valence-electron chi connectivity index (χ0n) is 20.2. The van der Waals surface area contributed by atoms with Crippen molar-refractivity contribution in [1.29, 1.82) is 0 Å². The zero-order chi connectivity index (χ0) is 24.9. The first-order valence-corrected chi connectivity index (χ1v) is 11.9. The number of carbonyl (C=O) groups is 2. The van der Waals surface area contributed by atoms with Gasteiger partial charge in [-0.1, -0.05) is 18.2 Å². The molecular weight excluding hydrogens is 445 g/mol. The molecule has 0 saturated carbocycles. The normalized spacial score (nSPS) is 14.3. The van der Waals surface area contributed by atoms with E-state index in [1.54, 1.807) is 17.0 Å². The third-order valence-corrected chi connectivity index (χ3v) is 7.44. The Morgan fingerprint density at radius 1 is 1.00 bits per heavy atom. The van der Waals surface area contributed by atoms with Gasteiger partial charge in [0, 0.05) is 24.2 Å². The molecule has 0 spiro atoms. The first kappa shape index (κ1) is 23.1. The van der Waals surface area contributed by atoms with Gasteiger partial charge in [-0.25, -0.2) is 4.39 Å². The molecule has 0 aromatic heterocycles. The van der Waals surface area contributed by atoms with Crippen LogP contribution in [0.15, 0.2) is 36.4 Å². The first-order valence-electron chi connectivity index (χ1n) is 11.9. The summed E-state index contributed by atoms with van der Waals surface area (Å²) in [6, 6.07) is 10.6. The summed E-state index contributed by atoms with van der Waals surface area (Å²) in [5, 5.41) is 9.75. The lowest BCUT2D eigenvalue weighted by Crippen LogP contribution is -2.25. The second-order valence-corrected chi connectivity index (χ2v) is 9.45. The molecule has 5 nitrogen and oxygen atoms in total. The molecule has 0 radical (unpaired) electrons. The number of rotatable bonds is 4. The Morgan fingerprint density at radius 3 is 2.37 bits per heavy atom. The summed E-state index contributed by atoms with van der Waals surface area (Å²) in [6.45, 7) is 7.20. The molecule has 0 atom stereocenters. The van der Waals surface area contributed by atoms with Crippen molar-refractivity contribution in [3.8, 4) is 16.9 Å². The summed E-state index contributed by atoms with van der Waals surface area (Å²) < 4.78 is 20.8. The Labute approximate surface area is 204 Å². The number of benzene rings is 3. The highest BCUT2D eigenvalue weighted by molar-refractivity contribution is 5.95. The third kappa shape index (κ3) is 3.87. The molecule has 0 aliphatic carbocycles. The largest absolute Gasteiger partial charge is 0.490 e. The van der Waals surface area contributed by atoms with Crippen molar-refractivity contribution in [3.05, 3.63) is 86.7 Å². The Balaban J connectivity index is 1.67. The maximum absolute atomic E-state index is 15.2.